The standard InChI is InChI=1S/C19H25N3O2/c1-20-19(21-12-11-15-7-5-4-6-8-15)22-14-16-9-10-17(23-2)13-18(16)24-3/h4-10,13H,11-12,14H2,1-3H3,(H2,20,21,22). The molecule has 0 atom stereocenters. The highest BCUT2D eigenvalue weighted by Crippen LogP contribution is 2.24. The summed E-state index contributed by atoms with van der Waals surface area (Å²) in [6.07, 6.45) is 0.952. The zero-order valence-corrected chi connectivity index (χ0v) is 14.5. The lowest BCUT2D eigenvalue weighted by molar-refractivity contribution is 0.390. The van der Waals surface area contributed by atoms with Crippen LogP contribution in [-0.4, -0.2) is 33.8 Å². The van der Waals surface area contributed by atoms with Gasteiger partial charge in [-0.1, -0.05) is 30.3 Å². The highest BCUT2D eigenvalue weighted by Gasteiger charge is 2.06. The van der Waals surface area contributed by atoms with Gasteiger partial charge in [-0.25, -0.2) is 0 Å². The molecule has 5 heteroatoms. The highest BCUT2D eigenvalue weighted by molar-refractivity contribution is 5.79. The number of hydrogen-bond acceptors (Lipinski definition) is 3. The molecule has 0 aromatic heterocycles. The smallest absolute Gasteiger partial charge is 0.191 e. The maximum absolute atomic E-state index is 5.41. The third kappa shape index (κ3) is 5.19. The molecule has 24 heavy (non-hydrogen) atoms. The summed E-state index contributed by atoms with van der Waals surface area (Å²) in [7, 11) is 5.07. The summed E-state index contributed by atoms with van der Waals surface area (Å²) in [5, 5.41) is 6.62. The van der Waals surface area contributed by atoms with E-state index >= 15 is 0 Å². The predicted octanol–water partition coefficient (Wildman–Crippen LogP) is 2.61. The molecule has 0 fully saturated rings. The van der Waals surface area contributed by atoms with Crippen LogP contribution in [-0.2, 0) is 13.0 Å². The van der Waals surface area contributed by atoms with Crippen molar-refractivity contribution >= 4 is 5.96 Å². The first kappa shape index (κ1) is 17.7. The fourth-order valence-electron chi connectivity index (χ4n) is 2.37. The topological polar surface area (TPSA) is 54.9 Å². The minimum atomic E-state index is 0.623. The van der Waals surface area contributed by atoms with Crippen molar-refractivity contribution < 1.29 is 9.47 Å². The van der Waals surface area contributed by atoms with Crippen molar-refractivity contribution in [2.75, 3.05) is 27.8 Å². The Kier molecular flexibility index (Phi) is 6.95. The van der Waals surface area contributed by atoms with E-state index in [1.165, 1.54) is 5.56 Å². The first-order valence-corrected chi connectivity index (χ1v) is 7.96. The van der Waals surface area contributed by atoms with Crippen LogP contribution < -0.4 is 20.1 Å². The van der Waals surface area contributed by atoms with E-state index in [1.807, 2.05) is 24.3 Å². The van der Waals surface area contributed by atoms with Gasteiger partial charge in [-0.15, -0.1) is 0 Å². The van der Waals surface area contributed by atoms with Crippen LogP contribution in [0.2, 0.25) is 0 Å². The minimum Gasteiger partial charge on any atom is -0.497 e. The number of ether oxygens (including phenoxy) is 2. The maximum atomic E-state index is 5.41. The van der Waals surface area contributed by atoms with Crippen molar-refractivity contribution in [1.82, 2.24) is 10.6 Å². The van der Waals surface area contributed by atoms with Gasteiger partial charge >= 0.3 is 0 Å². The van der Waals surface area contributed by atoms with Crippen LogP contribution in [0.3, 0.4) is 0 Å². The van der Waals surface area contributed by atoms with Gasteiger partial charge in [0.2, 0.25) is 0 Å². The van der Waals surface area contributed by atoms with E-state index < -0.39 is 0 Å². The van der Waals surface area contributed by atoms with Crippen molar-refractivity contribution in [1.29, 1.82) is 0 Å². The normalized spacial score (nSPS) is 11.0. The molecule has 0 aliphatic carbocycles. The van der Waals surface area contributed by atoms with Crippen LogP contribution >= 0.6 is 0 Å². The van der Waals surface area contributed by atoms with E-state index in [1.54, 1.807) is 21.3 Å². The van der Waals surface area contributed by atoms with Crippen LogP contribution in [0, 0.1) is 0 Å². The average Bonchev–Trinajstić information content (AvgIpc) is 2.65. The molecule has 0 saturated carbocycles. The van der Waals surface area contributed by atoms with Gasteiger partial charge in [0.05, 0.1) is 14.2 Å². The first-order chi connectivity index (χ1) is 11.8. The zero-order valence-electron chi connectivity index (χ0n) is 14.5. The number of nitrogens with one attached hydrogen (secondary N) is 2. The van der Waals surface area contributed by atoms with Gasteiger partial charge < -0.3 is 20.1 Å². The van der Waals surface area contributed by atoms with Crippen LogP contribution in [0.1, 0.15) is 11.1 Å². The number of nitrogens with zero attached hydrogens (tertiary/aromatic N) is 1. The van der Waals surface area contributed by atoms with Crippen molar-refractivity contribution in [3.05, 3.63) is 59.7 Å². The average molecular weight is 327 g/mol. The Hall–Kier alpha value is -2.69. The lowest BCUT2D eigenvalue weighted by Crippen LogP contribution is -2.37. The Labute approximate surface area is 143 Å². The monoisotopic (exact) mass is 327 g/mol. The van der Waals surface area contributed by atoms with Gasteiger partial charge in [-0.05, 0) is 24.1 Å². The molecule has 0 unspecified atom stereocenters. The van der Waals surface area contributed by atoms with Crippen molar-refractivity contribution in [3.8, 4) is 11.5 Å². The summed E-state index contributed by atoms with van der Waals surface area (Å²) in [6, 6.07) is 16.2. The van der Waals surface area contributed by atoms with Gasteiger partial charge in [0.15, 0.2) is 5.96 Å². The maximum Gasteiger partial charge on any atom is 0.191 e. The molecule has 5 nitrogen and oxygen atoms in total. The third-order valence-electron chi connectivity index (χ3n) is 3.71. The quantitative estimate of drug-likeness (QED) is 0.606. The summed E-state index contributed by atoms with van der Waals surface area (Å²) in [4.78, 5) is 4.25. The number of rotatable bonds is 7. The molecule has 128 valence electrons. The molecule has 0 radical (unpaired) electrons. The van der Waals surface area contributed by atoms with E-state index in [9.17, 15) is 0 Å². The Bertz CT molecular complexity index is 657. The summed E-state index contributed by atoms with van der Waals surface area (Å²) in [6.45, 7) is 1.45. The lowest BCUT2D eigenvalue weighted by atomic mass is 10.1. The molecule has 2 aromatic carbocycles. The SMILES string of the molecule is CN=C(NCCc1ccccc1)NCc1ccc(OC)cc1OC. The second-order valence-electron chi connectivity index (χ2n) is 5.27. The number of aliphatic imine (C=N–C) groups is 1. The van der Waals surface area contributed by atoms with Crippen molar-refractivity contribution in [2.45, 2.75) is 13.0 Å². The second-order valence-corrected chi connectivity index (χ2v) is 5.27. The Morgan fingerprint density at radius 3 is 2.46 bits per heavy atom. The van der Waals surface area contributed by atoms with Crippen LogP contribution in [0.15, 0.2) is 53.5 Å². The molecule has 0 aliphatic heterocycles. The van der Waals surface area contributed by atoms with Crippen LogP contribution in [0.4, 0.5) is 0 Å². The van der Waals surface area contributed by atoms with Crippen LogP contribution in [0.5, 0.6) is 11.5 Å². The fraction of sp³-hybridized carbons (Fsp3) is 0.316. The molecule has 0 saturated heterocycles. The van der Waals surface area contributed by atoms with Gasteiger partial charge in [0.25, 0.3) is 0 Å². The predicted molar refractivity (Wildman–Crippen MR) is 97.9 cm³/mol. The largest absolute Gasteiger partial charge is 0.497 e. The number of hydrogen-bond donors (Lipinski definition) is 2. The molecule has 0 bridgehead atoms. The first-order valence-electron chi connectivity index (χ1n) is 7.96. The van der Waals surface area contributed by atoms with E-state index in [2.05, 4.69) is 39.9 Å². The molecule has 0 aliphatic rings. The van der Waals surface area contributed by atoms with Gasteiger partial charge in [-0.3, -0.25) is 4.99 Å². The van der Waals surface area contributed by atoms with E-state index in [0.717, 1.165) is 36.0 Å². The molecular weight excluding hydrogens is 302 g/mol. The van der Waals surface area contributed by atoms with Gasteiger partial charge in [0.1, 0.15) is 11.5 Å². The lowest BCUT2D eigenvalue weighted by Gasteiger charge is -2.14. The van der Waals surface area contributed by atoms with E-state index in [0.29, 0.717) is 6.54 Å². The number of benzene rings is 2. The fourth-order valence-corrected chi connectivity index (χ4v) is 2.37. The van der Waals surface area contributed by atoms with Gasteiger partial charge in [0, 0.05) is 31.8 Å². The summed E-state index contributed by atoms with van der Waals surface area (Å²) in [5.41, 5.74) is 2.35. The molecule has 2 rings (SSSR count). The second kappa shape index (κ2) is 9.45. The number of methoxy groups -OCH3 is 2. The van der Waals surface area contributed by atoms with Crippen LogP contribution in [0.25, 0.3) is 0 Å². The summed E-state index contributed by atoms with van der Waals surface area (Å²) in [5.74, 6) is 2.34. The van der Waals surface area contributed by atoms with Crippen molar-refractivity contribution in [3.63, 3.8) is 0 Å². The summed E-state index contributed by atoms with van der Waals surface area (Å²) < 4.78 is 10.6. The third-order valence-corrected chi connectivity index (χ3v) is 3.71. The Balaban J connectivity index is 1.85. The summed E-state index contributed by atoms with van der Waals surface area (Å²) >= 11 is 0. The number of guanidine groups is 1. The van der Waals surface area contributed by atoms with Gasteiger partial charge in [-0.2, -0.15) is 0 Å². The molecule has 0 spiro atoms. The molecular formula is C19H25N3O2. The zero-order chi connectivity index (χ0) is 17.2. The van der Waals surface area contributed by atoms with Crippen molar-refractivity contribution in [2.24, 2.45) is 4.99 Å². The molecule has 0 amide bonds. The van der Waals surface area contributed by atoms with E-state index in [4.69, 9.17) is 9.47 Å². The Morgan fingerprint density at radius 2 is 1.79 bits per heavy atom. The molecule has 2 aromatic rings. The molecule has 0 heterocycles. The highest BCUT2D eigenvalue weighted by atomic mass is 16.5. The minimum absolute atomic E-state index is 0.623. The molecule has 2 N–H and O–H groups in total. The van der Waals surface area contributed by atoms with E-state index in [-0.39, 0.29) is 0 Å². The Morgan fingerprint density at radius 1 is 1.00 bits per heavy atom.